The number of hydrogen-bond acceptors (Lipinski definition) is 3. The molecule has 1 aromatic rings. The Labute approximate surface area is 119 Å². The Morgan fingerprint density at radius 2 is 2.15 bits per heavy atom. The lowest BCUT2D eigenvalue weighted by atomic mass is 10.3. The molecule has 0 spiro atoms. The minimum Gasteiger partial charge on any atom is -0.477 e. The van der Waals surface area contributed by atoms with Crippen LogP contribution in [0.4, 0.5) is 0 Å². The number of amides is 1. The summed E-state index contributed by atoms with van der Waals surface area (Å²) in [6.45, 7) is 5.80. The third-order valence-electron chi connectivity index (χ3n) is 3.25. The van der Waals surface area contributed by atoms with Crippen LogP contribution in [0.1, 0.15) is 30.8 Å². The Hall–Kier alpha value is -1.82. The molecule has 0 fully saturated rings. The number of carboxylic acids is 1. The first-order valence-corrected chi connectivity index (χ1v) is 6.77. The van der Waals surface area contributed by atoms with Gasteiger partial charge < -0.3 is 19.9 Å². The van der Waals surface area contributed by atoms with Crippen LogP contribution in [-0.4, -0.2) is 52.6 Å². The van der Waals surface area contributed by atoms with Gasteiger partial charge in [0.05, 0.1) is 0 Å². The number of carboxylic acid groups (broad SMARTS) is 1. The second kappa shape index (κ2) is 7.69. The monoisotopic (exact) mass is 281 g/mol. The highest BCUT2D eigenvalue weighted by atomic mass is 16.4. The molecule has 0 radical (unpaired) electrons. The molecule has 0 aliphatic heterocycles. The fourth-order valence-corrected chi connectivity index (χ4v) is 1.77. The van der Waals surface area contributed by atoms with Crippen molar-refractivity contribution in [1.29, 1.82) is 0 Å². The molecule has 0 aromatic carbocycles. The van der Waals surface area contributed by atoms with Crippen LogP contribution in [0.2, 0.25) is 0 Å². The molecular formula is C14H23N3O3. The Balaban J connectivity index is 2.30. The lowest BCUT2D eigenvalue weighted by Crippen LogP contribution is -2.33. The van der Waals surface area contributed by atoms with E-state index in [1.165, 1.54) is 10.6 Å². The Kier molecular flexibility index (Phi) is 6.24. The largest absolute Gasteiger partial charge is 0.477 e. The molecule has 0 aliphatic carbocycles. The average Bonchev–Trinajstić information content (AvgIpc) is 2.82. The zero-order valence-electron chi connectivity index (χ0n) is 12.3. The molecule has 1 aromatic heterocycles. The maximum atomic E-state index is 11.7. The summed E-state index contributed by atoms with van der Waals surface area (Å²) in [6.07, 6.45) is 2.47. The molecule has 1 heterocycles. The first kappa shape index (κ1) is 16.2. The van der Waals surface area contributed by atoms with E-state index in [-0.39, 0.29) is 18.1 Å². The lowest BCUT2D eigenvalue weighted by Gasteiger charge is -2.20. The number of hydrogen-bond donors (Lipinski definition) is 2. The molecule has 6 heteroatoms. The molecule has 0 aliphatic rings. The smallest absolute Gasteiger partial charge is 0.352 e. The van der Waals surface area contributed by atoms with E-state index in [1.54, 1.807) is 12.3 Å². The van der Waals surface area contributed by atoms with E-state index in [9.17, 15) is 9.59 Å². The molecule has 6 nitrogen and oxygen atoms in total. The van der Waals surface area contributed by atoms with Gasteiger partial charge in [0.15, 0.2) is 0 Å². The van der Waals surface area contributed by atoms with Gasteiger partial charge in [-0.1, -0.05) is 0 Å². The van der Waals surface area contributed by atoms with Crippen molar-refractivity contribution in [2.45, 2.75) is 32.9 Å². The van der Waals surface area contributed by atoms with Crippen molar-refractivity contribution in [3.63, 3.8) is 0 Å². The van der Waals surface area contributed by atoms with Gasteiger partial charge >= 0.3 is 5.97 Å². The van der Waals surface area contributed by atoms with Gasteiger partial charge in [0.1, 0.15) is 12.2 Å². The molecule has 20 heavy (non-hydrogen) atoms. The Bertz CT molecular complexity index is 454. The highest BCUT2D eigenvalue weighted by Gasteiger charge is 2.11. The van der Waals surface area contributed by atoms with Gasteiger partial charge in [-0.2, -0.15) is 0 Å². The predicted octanol–water partition coefficient (Wildman–Crippen LogP) is 1.03. The summed E-state index contributed by atoms with van der Waals surface area (Å²) in [5.74, 6) is -1.20. The summed E-state index contributed by atoms with van der Waals surface area (Å²) in [7, 11) is 2.05. The molecule has 112 valence electrons. The molecule has 0 saturated heterocycles. The summed E-state index contributed by atoms with van der Waals surface area (Å²) in [5, 5.41) is 11.7. The zero-order valence-corrected chi connectivity index (χ0v) is 12.3. The average molecular weight is 281 g/mol. The molecule has 2 N–H and O–H groups in total. The molecule has 0 bridgehead atoms. The Morgan fingerprint density at radius 1 is 1.45 bits per heavy atom. The van der Waals surface area contributed by atoms with Gasteiger partial charge in [-0.15, -0.1) is 0 Å². The maximum Gasteiger partial charge on any atom is 0.352 e. The van der Waals surface area contributed by atoms with Crippen molar-refractivity contribution in [2.24, 2.45) is 0 Å². The number of aromatic nitrogens is 1. The SMILES string of the molecule is CC(C)N(C)CCCNC(=O)Cn1cccc1C(=O)O. The van der Waals surface area contributed by atoms with Gasteiger partial charge in [-0.3, -0.25) is 4.79 Å². The summed E-state index contributed by atoms with van der Waals surface area (Å²) >= 11 is 0. The van der Waals surface area contributed by atoms with Gasteiger partial charge in [0.2, 0.25) is 5.91 Å². The first-order chi connectivity index (χ1) is 9.41. The fraction of sp³-hybridized carbons (Fsp3) is 0.571. The van der Waals surface area contributed by atoms with Crippen molar-refractivity contribution in [3.8, 4) is 0 Å². The Morgan fingerprint density at radius 3 is 2.75 bits per heavy atom. The second-order valence-corrected chi connectivity index (χ2v) is 5.10. The zero-order chi connectivity index (χ0) is 15.1. The minimum atomic E-state index is -1.03. The third-order valence-corrected chi connectivity index (χ3v) is 3.25. The number of carbonyl (C=O) groups is 2. The first-order valence-electron chi connectivity index (χ1n) is 6.77. The van der Waals surface area contributed by atoms with Gasteiger partial charge in [0, 0.05) is 18.8 Å². The topological polar surface area (TPSA) is 74.6 Å². The quantitative estimate of drug-likeness (QED) is 0.698. The van der Waals surface area contributed by atoms with Gasteiger partial charge in [0.25, 0.3) is 0 Å². The van der Waals surface area contributed by atoms with Crippen molar-refractivity contribution < 1.29 is 14.7 Å². The van der Waals surface area contributed by atoms with E-state index >= 15 is 0 Å². The summed E-state index contributed by atoms with van der Waals surface area (Å²) in [4.78, 5) is 24.8. The molecule has 1 rings (SSSR count). The summed E-state index contributed by atoms with van der Waals surface area (Å²) in [6, 6.07) is 3.59. The standard InChI is InChI=1S/C14H23N3O3/c1-11(2)16(3)8-5-7-15-13(18)10-17-9-4-6-12(17)14(19)20/h4,6,9,11H,5,7-8,10H2,1-3H3,(H,15,18)(H,19,20). The van der Waals surface area contributed by atoms with Crippen molar-refractivity contribution in [3.05, 3.63) is 24.0 Å². The number of nitrogens with zero attached hydrogens (tertiary/aromatic N) is 2. The van der Waals surface area contributed by atoms with Crippen LogP contribution in [0, 0.1) is 0 Å². The van der Waals surface area contributed by atoms with Gasteiger partial charge in [-0.25, -0.2) is 4.79 Å². The third kappa shape index (κ3) is 5.05. The highest BCUT2D eigenvalue weighted by Crippen LogP contribution is 2.02. The van der Waals surface area contributed by atoms with Crippen LogP contribution in [-0.2, 0) is 11.3 Å². The molecule has 0 saturated carbocycles. The summed E-state index contributed by atoms with van der Waals surface area (Å²) in [5.41, 5.74) is 0.125. The van der Waals surface area contributed by atoms with E-state index in [1.807, 2.05) is 7.05 Å². The van der Waals surface area contributed by atoms with E-state index in [0.29, 0.717) is 12.6 Å². The minimum absolute atomic E-state index is 0.0364. The predicted molar refractivity (Wildman–Crippen MR) is 76.8 cm³/mol. The van der Waals surface area contributed by atoms with E-state index in [2.05, 4.69) is 24.1 Å². The number of carbonyl (C=O) groups excluding carboxylic acids is 1. The number of rotatable bonds is 8. The number of nitrogens with one attached hydrogen (secondary N) is 1. The van der Waals surface area contributed by atoms with Crippen LogP contribution in [0.25, 0.3) is 0 Å². The fourth-order valence-electron chi connectivity index (χ4n) is 1.77. The second-order valence-electron chi connectivity index (χ2n) is 5.10. The van der Waals surface area contributed by atoms with Crippen LogP contribution in [0.15, 0.2) is 18.3 Å². The van der Waals surface area contributed by atoms with Crippen molar-refractivity contribution in [1.82, 2.24) is 14.8 Å². The van der Waals surface area contributed by atoms with Gasteiger partial charge in [-0.05, 0) is 46.0 Å². The van der Waals surface area contributed by atoms with E-state index in [0.717, 1.165) is 13.0 Å². The van der Waals surface area contributed by atoms with Crippen LogP contribution >= 0.6 is 0 Å². The molecule has 0 unspecified atom stereocenters. The number of aromatic carboxylic acids is 1. The van der Waals surface area contributed by atoms with Crippen LogP contribution in [0.3, 0.4) is 0 Å². The van der Waals surface area contributed by atoms with E-state index < -0.39 is 5.97 Å². The van der Waals surface area contributed by atoms with Crippen LogP contribution in [0.5, 0.6) is 0 Å². The molecule has 0 atom stereocenters. The van der Waals surface area contributed by atoms with Crippen molar-refractivity contribution in [2.75, 3.05) is 20.1 Å². The van der Waals surface area contributed by atoms with E-state index in [4.69, 9.17) is 5.11 Å². The maximum absolute atomic E-state index is 11.7. The lowest BCUT2D eigenvalue weighted by molar-refractivity contribution is -0.121. The molecule has 1 amide bonds. The highest BCUT2D eigenvalue weighted by molar-refractivity contribution is 5.86. The normalized spacial score (nSPS) is 11.1. The van der Waals surface area contributed by atoms with Crippen LogP contribution < -0.4 is 5.32 Å². The van der Waals surface area contributed by atoms with Crippen molar-refractivity contribution >= 4 is 11.9 Å². The summed E-state index contributed by atoms with van der Waals surface area (Å²) < 4.78 is 1.43. The molecular weight excluding hydrogens is 258 g/mol.